The van der Waals surface area contributed by atoms with Crippen LogP contribution in [0, 0.1) is 0 Å². The van der Waals surface area contributed by atoms with Gasteiger partial charge in [-0.25, -0.2) is 0 Å². The van der Waals surface area contributed by atoms with Crippen molar-refractivity contribution in [2.45, 2.75) is 0 Å². The van der Waals surface area contributed by atoms with Gasteiger partial charge >= 0.3 is 0 Å². The molecule has 13 rings (SSSR count). The molecule has 0 aliphatic rings. The van der Waals surface area contributed by atoms with Crippen LogP contribution < -0.4 is 0 Å². The first kappa shape index (κ1) is 30.0. The van der Waals surface area contributed by atoms with Crippen molar-refractivity contribution in [1.29, 1.82) is 0 Å². The molecule has 0 fully saturated rings. The van der Waals surface area contributed by atoms with Crippen molar-refractivity contribution in [2.24, 2.45) is 0 Å². The smallest absolute Gasteiger partial charge is 0.0548 e. The summed E-state index contributed by atoms with van der Waals surface area (Å²) in [6.07, 6.45) is 0. The third kappa shape index (κ3) is 3.90. The molecule has 0 N–H and O–H groups in total. The average Bonchev–Trinajstić information content (AvgIpc) is 3.79. The molecule has 0 saturated heterocycles. The van der Waals surface area contributed by atoms with Gasteiger partial charge in [-0.05, 0) is 113 Å². The van der Waals surface area contributed by atoms with Crippen LogP contribution in [0.2, 0.25) is 0 Å². The zero-order chi connectivity index (χ0) is 36.5. The van der Waals surface area contributed by atoms with Crippen LogP contribution in [0.4, 0.5) is 0 Å². The van der Waals surface area contributed by atoms with Crippen molar-refractivity contribution in [1.82, 2.24) is 9.13 Å². The summed E-state index contributed by atoms with van der Waals surface area (Å²) in [7, 11) is 0. The van der Waals surface area contributed by atoms with Crippen molar-refractivity contribution in [3.05, 3.63) is 194 Å². The van der Waals surface area contributed by atoms with E-state index in [0.717, 1.165) is 0 Å². The molecule has 0 spiro atoms. The summed E-state index contributed by atoms with van der Waals surface area (Å²) in [6, 6.07) is 72.0. The van der Waals surface area contributed by atoms with Crippen LogP contribution in [0.5, 0.6) is 0 Å². The molecule has 0 unspecified atom stereocenters. The van der Waals surface area contributed by atoms with Gasteiger partial charge in [0.1, 0.15) is 0 Å². The molecule has 258 valence electrons. The van der Waals surface area contributed by atoms with E-state index in [-0.39, 0.29) is 0 Å². The van der Waals surface area contributed by atoms with Crippen molar-refractivity contribution in [3.63, 3.8) is 0 Å². The highest BCUT2D eigenvalue weighted by molar-refractivity contribution is 6.30. The summed E-state index contributed by atoms with van der Waals surface area (Å²) in [4.78, 5) is 0. The monoisotopic (exact) mass is 708 g/mol. The Morgan fingerprint density at radius 2 is 0.464 bits per heavy atom. The number of fused-ring (bicyclic) bond motifs is 19. The molecule has 0 aliphatic heterocycles. The summed E-state index contributed by atoms with van der Waals surface area (Å²) in [5.41, 5.74) is 7.17. The first-order chi connectivity index (χ1) is 27.8. The molecule has 2 aromatic heterocycles. The topological polar surface area (TPSA) is 9.86 Å². The van der Waals surface area contributed by atoms with E-state index >= 15 is 0 Å². The highest BCUT2D eigenvalue weighted by Crippen LogP contribution is 2.44. The molecule has 13 aromatic rings. The van der Waals surface area contributed by atoms with Crippen LogP contribution in [0.15, 0.2) is 194 Å². The summed E-state index contributed by atoms with van der Waals surface area (Å²) in [6.45, 7) is 0. The van der Waals surface area contributed by atoms with Crippen LogP contribution in [0.1, 0.15) is 0 Å². The van der Waals surface area contributed by atoms with E-state index in [1.165, 1.54) is 120 Å². The zero-order valence-electron chi connectivity index (χ0n) is 30.4. The molecule has 11 aromatic carbocycles. The maximum atomic E-state index is 2.48. The van der Waals surface area contributed by atoms with Crippen LogP contribution in [0.3, 0.4) is 0 Å². The second-order valence-corrected chi connectivity index (χ2v) is 15.2. The Bertz CT molecular complexity index is 3500. The quantitative estimate of drug-likeness (QED) is 0.158. The summed E-state index contributed by atoms with van der Waals surface area (Å²) >= 11 is 0. The number of benzene rings is 11. The Hall–Kier alpha value is -7.42. The molecule has 0 radical (unpaired) electrons. The van der Waals surface area contributed by atoms with Crippen molar-refractivity contribution >= 4 is 108 Å². The second kappa shape index (κ2) is 11.1. The molecule has 0 bridgehead atoms. The molecule has 2 heteroatoms. The Labute approximate surface area is 321 Å². The fourth-order valence-electron chi connectivity index (χ4n) is 10.1. The molecule has 0 amide bonds. The molecule has 2 nitrogen and oxygen atoms in total. The standard InChI is InChI=1S/C54H32N2/c1-3-17-39-35(13-1)37-15-5-7-19-41(37)47-31-33(25-27-43(39)47)55-49-23-11-9-21-45(49)53-51(55)29-30-52-54(53)46-22-10-12-24-50(46)56(52)34-26-28-44-40-18-4-2-14-36(40)38-16-6-8-20-42(38)48(44)32-34/h1-32H. The molecule has 0 atom stereocenters. The largest absolute Gasteiger partial charge is 0.309 e. The third-order valence-electron chi connectivity index (χ3n) is 12.4. The van der Waals surface area contributed by atoms with Crippen molar-refractivity contribution < 1.29 is 0 Å². The summed E-state index contributed by atoms with van der Waals surface area (Å²) in [5.74, 6) is 0. The van der Waals surface area contributed by atoms with E-state index in [1.54, 1.807) is 0 Å². The van der Waals surface area contributed by atoms with E-state index in [2.05, 4.69) is 203 Å². The highest BCUT2D eigenvalue weighted by atomic mass is 15.0. The van der Waals surface area contributed by atoms with E-state index < -0.39 is 0 Å². The van der Waals surface area contributed by atoms with Gasteiger partial charge < -0.3 is 9.13 Å². The van der Waals surface area contributed by atoms with Gasteiger partial charge in [0.05, 0.1) is 22.1 Å². The fraction of sp³-hybridized carbons (Fsp3) is 0. The molecular formula is C54H32N2. The van der Waals surface area contributed by atoms with Gasteiger partial charge in [0.25, 0.3) is 0 Å². The molecular weight excluding hydrogens is 677 g/mol. The first-order valence-electron chi connectivity index (χ1n) is 19.4. The molecule has 2 heterocycles. The number of hydrogen-bond acceptors (Lipinski definition) is 0. The van der Waals surface area contributed by atoms with Gasteiger partial charge in [-0.15, -0.1) is 0 Å². The van der Waals surface area contributed by atoms with E-state index in [1.807, 2.05) is 0 Å². The number of rotatable bonds is 2. The van der Waals surface area contributed by atoms with Gasteiger partial charge in [-0.2, -0.15) is 0 Å². The van der Waals surface area contributed by atoms with Gasteiger partial charge in [0, 0.05) is 32.9 Å². The van der Waals surface area contributed by atoms with E-state index in [0.29, 0.717) is 0 Å². The van der Waals surface area contributed by atoms with Gasteiger partial charge in [0.2, 0.25) is 0 Å². The van der Waals surface area contributed by atoms with Crippen LogP contribution in [0.25, 0.3) is 120 Å². The van der Waals surface area contributed by atoms with Crippen molar-refractivity contribution in [3.8, 4) is 11.4 Å². The number of hydrogen-bond donors (Lipinski definition) is 0. The predicted molar refractivity (Wildman–Crippen MR) is 240 cm³/mol. The van der Waals surface area contributed by atoms with E-state index in [9.17, 15) is 0 Å². The molecule has 0 saturated carbocycles. The van der Waals surface area contributed by atoms with E-state index in [4.69, 9.17) is 0 Å². The number of nitrogens with zero attached hydrogens (tertiary/aromatic N) is 2. The minimum absolute atomic E-state index is 1.17. The van der Waals surface area contributed by atoms with Crippen molar-refractivity contribution in [2.75, 3.05) is 0 Å². The third-order valence-corrected chi connectivity index (χ3v) is 12.4. The van der Waals surface area contributed by atoms with Gasteiger partial charge in [-0.3, -0.25) is 0 Å². The van der Waals surface area contributed by atoms with Crippen LogP contribution >= 0.6 is 0 Å². The minimum atomic E-state index is 1.17. The first-order valence-corrected chi connectivity index (χ1v) is 19.4. The number of aromatic nitrogens is 2. The maximum Gasteiger partial charge on any atom is 0.0548 e. The molecule has 0 aliphatic carbocycles. The lowest BCUT2D eigenvalue weighted by Crippen LogP contribution is -1.96. The predicted octanol–water partition coefficient (Wildman–Crippen LogP) is 14.8. The fourth-order valence-corrected chi connectivity index (χ4v) is 10.1. The SMILES string of the molecule is c1ccc2c(c1)c1ccccc1c1cc(-n3c4ccccc4c4c5c6ccccc6n(-c6ccc7c8ccccc8c8ccccc8c7c6)c5ccc43)ccc21. The minimum Gasteiger partial charge on any atom is -0.309 e. The number of para-hydroxylation sites is 2. The Morgan fingerprint density at radius 3 is 0.804 bits per heavy atom. The maximum absolute atomic E-state index is 2.48. The summed E-state index contributed by atoms with van der Waals surface area (Å²) < 4.78 is 4.96. The lowest BCUT2D eigenvalue weighted by Gasteiger charge is -2.14. The van der Waals surface area contributed by atoms with Gasteiger partial charge in [-0.1, -0.05) is 146 Å². The Morgan fingerprint density at radius 1 is 0.196 bits per heavy atom. The Balaban J connectivity index is 1.12. The van der Waals surface area contributed by atoms with Gasteiger partial charge in [0.15, 0.2) is 0 Å². The molecule has 56 heavy (non-hydrogen) atoms. The van der Waals surface area contributed by atoms with Crippen LogP contribution in [-0.4, -0.2) is 9.13 Å². The summed E-state index contributed by atoms with van der Waals surface area (Å²) in [5, 5.41) is 20.5. The normalized spacial score (nSPS) is 12.3. The average molecular weight is 709 g/mol. The lowest BCUT2D eigenvalue weighted by atomic mass is 9.94. The second-order valence-electron chi connectivity index (χ2n) is 15.2. The van der Waals surface area contributed by atoms with Crippen LogP contribution in [-0.2, 0) is 0 Å². The Kier molecular flexibility index (Phi) is 5.92. The lowest BCUT2D eigenvalue weighted by molar-refractivity contribution is 1.18. The zero-order valence-corrected chi connectivity index (χ0v) is 30.4. The highest BCUT2D eigenvalue weighted by Gasteiger charge is 2.21.